The number of imide groups is 1. The lowest BCUT2D eigenvalue weighted by Crippen LogP contribution is -2.44. The van der Waals surface area contributed by atoms with Gasteiger partial charge in [0.2, 0.25) is 11.8 Å². The molecule has 2 bridgehead atoms. The highest BCUT2D eigenvalue weighted by atomic mass is 32.2. The van der Waals surface area contributed by atoms with E-state index in [0.29, 0.717) is 0 Å². The monoisotopic (exact) mass is 457 g/mol. The van der Waals surface area contributed by atoms with E-state index in [1.54, 1.807) is 18.0 Å². The zero-order valence-corrected chi connectivity index (χ0v) is 18.1. The molecule has 2 N–H and O–H groups in total. The molecule has 3 fully saturated rings. The average Bonchev–Trinajstić information content (AvgIpc) is 3.47. The first-order valence-electron chi connectivity index (χ1n) is 10.3. The van der Waals surface area contributed by atoms with E-state index in [1.807, 2.05) is 18.3 Å². The third-order valence-electron chi connectivity index (χ3n) is 7.55. The zero-order valence-electron chi connectivity index (χ0n) is 16.4. The van der Waals surface area contributed by atoms with Crippen LogP contribution in [0, 0.1) is 29.6 Å². The van der Waals surface area contributed by atoms with Crippen LogP contribution in [0.2, 0.25) is 0 Å². The van der Waals surface area contributed by atoms with Gasteiger partial charge in [-0.15, -0.1) is 11.8 Å². The quantitative estimate of drug-likeness (QED) is 0.674. The van der Waals surface area contributed by atoms with Crippen molar-refractivity contribution in [1.29, 1.82) is 0 Å². The maximum absolute atomic E-state index is 13.3. The molecule has 2 aromatic heterocycles. The number of pyridine rings is 1. The summed E-state index contributed by atoms with van der Waals surface area (Å²) in [6, 6.07) is 2.71. The lowest BCUT2D eigenvalue weighted by atomic mass is 9.68. The molecule has 1 saturated heterocycles. The van der Waals surface area contributed by atoms with Crippen LogP contribution in [0.5, 0.6) is 0 Å². The van der Waals surface area contributed by atoms with Crippen LogP contribution in [-0.4, -0.2) is 49.0 Å². The van der Waals surface area contributed by atoms with Gasteiger partial charge < -0.3 is 10.1 Å². The van der Waals surface area contributed by atoms with Gasteiger partial charge in [0.1, 0.15) is 6.04 Å². The number of fused-ring (bicyclic) bond motifs is 9. The maximum atomic E-state index is 13.3. The summed E-state index contributed by atoms with van der Waals surface area (Å²) in [5, 5.41) is 10.4. The van der Waals surface area contributed by atoms with Gasteiger partial charge in [-0.3, -0.25) is 24.3 Å². The number of carboxylic acid groups (broad SMARTS) is 1. The smallest absolute Gasteiger partial charge is 0.326 e. The van der Waals surface area contributed by atoms with Crippen molar-refractivity contribution in [3.05, 3.63) is 44.6 Å². The molecular formula is C21H19N3O5S2. The van der Waals surface area contributed by atoms with Gasteiger partial charge in [-0.1, -0.05) is 17.4 Å². The number of hydrogen-bond acceptors (Lipinski definition) is 7. The van der Waals surface area contributed by atoms with E-state index >= 15 is 0 Å². The van der Waals surface area contributed by atoms with Gasteiger partial charge in [0.05, 0.1) is 16.9 Å². The lowest BCUT2D eigenvalue weighted by Gasteiger charge is -2.42. The lowest BCUT2D eigenvalue weighted by molar-refractivity contribution is -0.154. The van der Waals surface area contributed by atoms with Crippen molar-refractivity contribution in [2.24, 2.45) is 29.6 Å². The summed E-state index contributed by atoms with van der Waals surface area (Å²) in [5.74, 6) is -2.81. The molecule has 0 unspecified atom stereocenters. The second kappa shape index (κ2) is 6.52. The molecule has 2 aromatic rings. The van der Waals surface area contributed by atoms with Crippen LogP contribution < -0.4 is 4.87 Å². The van der Waals surface area contributed by atoms with E-state index in [2.05, 4.69) is 9.97 Å². The van der Waals surface area contributed by atoms with Gasteiger partial charge in [-0.2, -0.15) is 0 Å². The molecule has 8 atom stereocenters. The number of aromatic amines is 1. The van der Waals surface area contributed by atoms with E-state index < -0.39 is 23.8 Å². The summed E-state index contributed by atoms with van der Waals surface area (Å²) in [6.07, 6.45) is 4.30. The van der Waals surface area contributed by atoms with Gasteiger partial charge in [0.15, 0.2) is 0 Å². The van der Waals surface area contributed by atoms with Crippen molar-refractivity contribution < 1.29 is 19.5 Å². The van der Waals surface area contributed by atoms with Crippen LogP contribution in [0.4, 0.5) is 0 Å². The first-order chi connectivity index (χ1) is 14.9. The molecule has 8 nitrogen and oxygen atoms in total. The summed E-state index contributed by atoms with van der Waals surface area (Å²) in [4.78, 5) is 59.2. The molecule has 10 heteroatoms. The van der Waals surface area contributed by atoms with Gasteiger partial charge in [-0.25, -0.2) is 4.79 Å². The molecule has 2 aliphatic carbocycles. The molecule has 4 aliphatic rings. The van der Waals surface area contributed by atoms with Crippen LogP contribution in [0.3, 0.4) is 0 Å². The number of hydrogen-bond donors (Lipinski definition) is 2. The Balaban J connectivity index is 1.46. The fourth-order valence-electron chi connectivity index (χ4n) is 6.47. The number of nitrogens with one attached hydrogen (secondary N) is 1. The molecule has 0 spiro atoms. The third kappa shape index (κ3) is 2.46. The predicted molar refractivity (Wildman–Crippen MR) is 112 cm³/mol. The van der Waals surface area contributed by atoms with Gasteiger partial charge in [0.25, 0.3) is 0 Å². The molecule has 0 radical (unpaired) electrons. The van der Waals surface area contributed by atoms with E-state index in [4.69, 9.17) is 0 Å². The Morgan fingerprint density at radius 3 is 2.68 bits per heavy atom. The normalized spacial score (nSPS) is 36.3. The second-order valence-electron chi connectivity index (χ2n) is 8.81. The minimum atomic E-state index is -1.17. The largest absolute Gasteiger partial charge is 0.480 e. The highest BCUT2D eigenvalue weighted by Gasteiger charge is 2.70. The second-order valence-corrected chi connectivity index (χ2v) is 11.0. The minimum absolute atomic E-state index is 0.0110. The molecular weight excluding hydrogens is 438 g/mol. The summed E-state index contributed by atoms with van der Waals surface area (Å²) in [5.41, 5.74) is 1.01. The number of carboxylic acids is 1. The van der Waals surface area contributed by atoms with Crippen molar-refractivity contribution in [3.8, 4) is 0 Å². The standard InChI is InChI=1S/C21H19N3O5S2/c1-7(20(27)28)24-18(25)13-9-5-10(14(13)19(24)26)15-12(9)11(8-3-2-4-22-6-8)16-17(30-15)23-21(29)31-16/h2-4,6-7,9-15H,5H2,1H3,(H,23,29)(H,27,28)/t7-,9+,10-,11-,12-,13-,14-,15+/m0/s1. The highest BCUT2D eigenvalue weighted by Crippen LogP contribution is 2.68. The summed E-state index contributed by atoms with van der Waals surface area (Å²) in [7, 11) is 0. The van der Waals surface area contributed by atoms with Crippen molar-refractivity contribution in [1.82, 2.24) is 14.9 Å². The van der Waals surface area contributed by atoms with Gasteiger partial charge >= 0.3 is 10.8 Å². The molecule has 160 valence electrons. The fraction of sp³-hybridized carbons (Fsp3) is 0.476. The number of thioether (sulfide) groups is 1. The number of likely N-dealkylation sites (tertiary alicyclic amines) is 1. The van der Waals surface area contributed by atoms with E-state index in [1.165, 1.54) is 18.3 Å². The number of carbonyl (C=O) groups excluding carboxylic acids is 2. The topological polar surface area (TPSA) is 120 Å². The number of thiazole rings is 1. The first kappa shape index (κ1) is 19.2. The van der Waals surface area contributed by atoms with Crippen LogP contribution in [0.25, 0.3) is 0 Å². The van der Waals surface area contributed by atoms with E-state index in [0.717, 1.165) is 26.8 Å². The Bertz CT molecular complexity index is 1180. The van der Waals surface area contributed by atoms with Gasteiger partial charge in [-0.05, 0) is 42.7 Å². The number of amides is 2. The summed E-state index contributed by atoms with van der Waals surface area (Å²) in [6.45, 7) is 1.39. The molecule has 0 aromatic carbocycles. The van der Waals surface area contributed by atoms with Crippen LogP contribution in [0.15, 0.2) is 34.3 Å². The number of aromatic nitrogens is 2. The molecule has 2 saturated carbocycles. The van der Waals surface area contributed by atoms with Crippen molar-refractivity contribution >= 4 is 40.9 Å². The number of H-pyrrole nitrogens is 1. The number of aliphatic carboxylic acids is 1. The van der Waals surface area contributed by atoms with E-state index in [-0.39, 0.29) is 45.6 Å². The Morgan fingerprint density at radius 2 is 2.00 bits per heavy atom. The highest BCUT2D eigenvalue weighted by molar-refractivity contribution is 8.00. The first-order valence-corrected chi connectivity index (χ1v) is 12.0. The predicted octanol–water partition coefficient (Wildman–Crippen LogP) is 1.78. The molecule has 6 rings (SSSR count). The molecule has 2 aliphatic heterocycles. The van der Waals surface area contributed by atoms with Crippen molar-refractivity contribution in [3.63, 3.8) is 0 Å². The fourth-order valence-corrected chi connectivity index (χ4v) is 9.35. The summed E-state index contributed by atoms with van der Waals surface area (Å²) < 4.78 is 0. The van der Waals surface area contributed by atoms with Crippen LogP contribution >= 0.6 is 23.1 Å². The Labute approximate surface area is 185 Å². The summed E-state index contributed by atoms with van der Waals surface area (Å²) >= 11 is 2.82. The van der Waals surface area contributed by atoms with Crippen molar-refractivity contribution in [2.75, 3.05) is 0 Å². The number of rotatable bonds is 3. The number of carbonyl (C=O) groups is 3. The molecule has 4 heterocycles. The van der Waals surface area contributed by atoms with E-state index in [9.17, 15) is 24.3 Å². The zero-order chi connectivity index (χ0) is 21.6. The average molecular weight is 458 g/mol. The van der Waals surface area contributed by atoms with Gasteiger partial charge in [0, 0.05) is 28.4 Å². The van der Waals surface area contributed by atoms with Crippen molar-refractivity contribution in [2.45, 2.75) is 35.6 Å². The van der Waals surface area contributed by atoms with Crippen LogP contribution in [-0.2, 0) is 14.4 Å². The number of nitrogens with zero attached hydrogens (tertiary/aromatic N) is 2. The molecule has 2 amide bonds. The minimum Gasteiger partial charge on any atom is -0.480 e. The Morgan fingerprint density at radius 1 is 1.26 bits per heavy atom. The SMILES string of the molecule is C[C@@H](C(=O)O)N1C(=O)[C@H]2[C@@H]3C[C@@H]([C@@H]2C1=O)[C@H]1[C@H](c2cccnc2)c2sc(=O)[nH]c2S[C@H]31. The Kier molecular flexibility index (Phi) is 4.05. The molecule has 31 heavy (non-hydrogen) atoms. The Hall–Kier alpha value is -2.46. The van der Waals surface area contributed by atoms with Crippen LogP contribution in [0.1, 0.15) is 29.7 Å². The maximum Gasteiger partial charge on any atom is 0.326 e. The third-order valence-corrected chi connectivity index (χ3v) is 10.1.